The molecule has 86 valence electrons. The second-order valence-corrected chi connectivity index (χ2v) is 5.24. The van der Waals surface area contributed by atoms with Crippen molar-refractivity contribution in [1.82, 2.24) is 0 Å². The Morgan fingerprint density at radius 1 is 1.38 bits per heavy atom. The fourth-order valence-electron chi connectivity index (χ4n) is 2.16. The number of rotatable bonds is 3. The van der Waals surface area contributed by atoms with E-state index in [4.69, 9.17) is 0 Å². The maximum atomic E-state index is 11.5. The number of carbonyl (C=O) groups is 1. The maximum absolute atomic E-state index is 11.5. The van der Waals surface area contributed by atoms with Crippen LogP contribution in [0.3, 0.4) is 0 Å². The van der Waals surface area contributed by atoms with E-state index in [9.17, 15) is 4.79 Å². The first-order chi connectivity index (χ1) is 7.50. The summed E-state index contributed by atoms with van der Waals surface area (Å²) in [6, 6.07) is 8.48. The van der Waals surface area contributed by atoms with Gasteiger partial charge in [0.05, 0.1) is 0 Å². The van der Waals surface area contributed by atoms with E-state index in [1.807, 2.05) is 13.8 Å². The number of benzene rings is 1. The number of ketones is 1. The summed E-state index contributed by atoms with van der Waals surface area (Å²) in [6.07, 6.45) is 1.10. The van der Waals surface area contributed by atoms with Gasteiger partial charge in [0.15, 0.2) is 0 Å². The first-order valence-electron chi connectivity index (χ1n) is 5.84. The first kappa shape index (κ1) is 11.2. The van der Waals surface area contributed by atoms with Gasteiger partial charge in [-0.15, -0.1) is 0 Å². The number of Topliss-reactive ketones (excluding diaryl/α,β-unsaturated/α-hetero) is 1. The zero-order valence-corrected chi connectivity index (χ0v) is 10.3. The van der Waals surface area contributed by atoms with Gasteiger partial charge in [-0.25, -0.2) is 0 Å². The van der Waals surface area contributed by atoms with Crippen molar-refractivity contribution in [3.05, 3.63) is 29.8 Å². The summed E-state index contributed by atoms with van der Waals surface area (Å²) >= 11 is 0. The first-order valence-corrected chi connectivity index (χ1v) is 5.84. The number of nitrogens with zero attached hydrogens (tertiary/aromatic N) is 1. The molecule has 1 aromatic rings. The number of para-hydroxylation sites is 1. The molecule has 1 aliphatic rings. The number of fused-ring (bicyclic) bond motifs is 1. The smallest absolute Gasteiger partial charge is 0.137 e. The van der Waals surface area contributed by atoms with Crippen molar-refractivity contribution in [1.29, 1.82) is 0 Å². The van der Waals surface area contributed by atoms with Gasteiger partial charge in [-0.1, -0.05) is 32.0 Å². The normalized spacial score (nSPS) is 15.1. The Balaban J connectivity index is 2.18. The van der Waals surface area contributed by atoms with Gasteiger partial charge in [0.2, 0.25) is 0 Å². The number of hydrogen-bond acceptors (Lipinski definition) is 2. The minimum absolute atomic E-state index is 0.253. The lowest BCUT2D eigenvalue weighted by Crippen LogP contribution is -2.37. The summed E-state index contributed by atoms with van der Waals surface area (Å²) in [7, 11) is 0. The zero-order chi connectivity index (χ0) is 11.8. The predicted octanol–water partition coefficient (Wildman–Crippen LogP) is 2.66. The quantitative estimate of drug-likeness (QED) is 0.775. The molecule has 0 N–H and O–H groups in total. The number of hydrogen-bond donors (Lipinski definition) is 0. The van der Waals surface area contributed by atoms with E-state index in [0.717, 1.165) is 19.5 Å². The van der Waals surface area contributed by atoms with Gasteiger partial charge in [-0.3, -0.25) is 4.79 Å². The second-order valence-electron chi connectivity index (χ2n) is 5.24. The minimum atomic E-state index is -0.253. The van der Waals surface area contributed by atoms with E-state index < -0.39 is 0 Å². The zero-order valence-electron chi connectivity index (χ0n) is 10.3. The predicted molar refractivity (Wildman–Crippen MR) is 66.8 cm³/mol. The summed E-state index contributed by atoms with van der Waals surface area (Å²) in [5, 5.41) is 0. The molecule has 0 aliphatic carbocycles. The Labute approximate surface area is 97.3 Å². The van der Waals surface area contributed by atoms with Crippen LogP contribution in [-0.4, -0.2) is 18.9 Å². The van der Waals surface area contributed by atoms with E-state index in [2.05, 4.69) is 29.2 Å². The molecule has 0 atom stereocenters. The number of carbonyl (C=O) groups excluding carboxylic acids is 1. The molecule has 0 fully saturated rings. The van der Waals surface area contributed by atoms with Crippen LogP contribution in [-0.2, 0) is 11.2 Å². The number of anilines is 1. The van der Waals surface area contributed by atoms with E-state index in [0.29, 0.717) is 0 Å². The summed E-state index contributed by atoms with van der Waals surface area (Å²) in [5.41, 5.74) is 2.45. The topological polar surface area (TPSA) is 20.3 Å². The van der Waals surface area contributed by atoms with Gasteiger partial charge in [0, 0.05) is 24.2 Å². The van der Waals surface area contributed by atoms with Crippen molar-refractivity contribution in [2.45, 2.75) is 27.2 Å². The van der Waals surface area contributed by atoms with E-state index >= 15 is 0 Å². The molecule has 2 heteroatoms. The highest BCUT2D eigenvalue weighted by atomic mass is 16.1. The SMILES string of the molecule is CC(=O)C(C)(C)CN1CCc2ccccc21. The Bertz CT molecular complexity index is 409. The lowest BCUT2D eigenvalue weighted by atomic mass is 9.88. The molecule has 2 nitrogen and oxygen atoms in total. The monoisotopic (exact) mass is 217 g/mol. The van der Waals surface area contributed by atoms with Gasteiger partial charge in [0.1, 0.15) is 5.78 Å². The molecular weight excluding hydrogens is 198 g/mol. The molecule has 0 saturated heterocycles. The molecule has 0 radical (unpaired) electrons. The minimum Gasteiger partial charge on any atom is -0.370 e. The Hall–Kier alpha value is -1.31. The molecule has 2 rings (SSSR count). The van der Waals surface area contributed by atoms with E-state index in [1.165, 1.54) is 11.3 Å². The van der Waals surface area contributed by atoms with Gasteiger partial charge in [-0.05, 0) is 25.0 Å². The van der Waals surface area contributed by atoms with Crippen LogP contribution in [0.5, 0.6) is 0 Å². The van der Waals surface area contributed by atoms with Crippen LogP contribution in [0.25, 0.3) is 0 Å². The average molecular weight is 217 g/mol. The highest BCUT2D eigenvalue weighted by Gasteiger charge is 2.29. The third kappa shape index (κ3) is 1.97. The van der Waals surface area contributed by atoms with Gasteiger partial charge >= 0.3 is 0 Å². The van der Waals surface area contributed by atoms with Crippen molar-refractivity contribution in [2.24, 2.45) is 5.41 Å². The molecule has 1 heterocycles. The standard InChI is InChI=1S/C14H19NO/c1-11(16)14(2,3)10-15-9-8-12-6-4-5-7-13(12)15/h4-7H,8-10H2,1-3H3. The van der Waals surface area contributed by atoms with Crippen LogP contribution in [0.15, 0.2) is 24.3 Å². The maximum Gasteiger partial charge on any atom is 0.137 e. The Kier molecular flexibility index (Phi) is 2.75. The molecule has 0 saturated carbocycles. The van der Waals surface area contributed by atoms with Crippen molar-refractivity contribution in [3.8, 4) is 0 Å². The van der Waals surface area contributed by atoms with E-state index in [1.54, 1.807) is 6.92 Å². The lowest BCUT2D eigenvalue weighted by molar-refractivity contribution is -0.124. The summed E-state index contributed by atoms with van der Waals surface area (Å²) < 4.78 is 0. The molecule has 0 aromatic heterocycles. The van der Waals surface area contributed by atoms with Crippen LogP contribution >= 0.6 is 0 Å². The molecule has 0 spiro atoms. The summed E-state index contributed by atoms with van der Waals surface area (Å²) in [5.74, 6) is 0.261. The van der Waals surface area contributed by atoms with Crippen LogP contribution < -0.4 is 4.90 Å². The average Bonchev–Trinajstić information content (AvgIpc) is 2.61. The molecule has 0 unspecified atom stereocenters. The largest absolute Gasteiger partial charge is 0.370 e. The Morgan fingerprint density at radius 3 is 2.75 bits per heavy atom. The molecule has 0 amide bonds. The molecule has 1 aliphatic heterocycles. The van der Waals surface area contributed by atoms with Gasteiger partial charge < -0.3 is 4.90 Å². The highest BCUT2D eigenvalue weighted by molar-refractivity contribution is 5.82. The fourth-order valence-corrected chi connectivity index (χ4v) is 2.16. The Morgan fingerprint density at radius 2 is 2.06 bits per heavy atom. The second kappa shape index (κ2) is 3.93. The van der Waals surface area contributed by atoms with Crippen molar-refractivity contribution in [2.75, 3.05) is 18.0 Å². The third-order valence-corrected chi connectivity index (χ3v) is 3.52. The molecular formula is C14H19NO. The van der Waals surface area contributed by atoms with E-state index in [-0.39, 0.29) is 11.2 Å². The van der Waals surface area contributed by atoms with Crippen LogP contribution in [0.2, 0.25) is 0 Å². The third-order valence-electron chi connectivity index (χ3n) is 3.52. The fraction of sp³-hybridized carbons (Fsp3) is 0.500. The van der Waals surface area contributed by atoms with Gasteiger partial charge in [0.25, 0.3) is 0 Å². The van der Waals surface area contributed by atoms with Crippen molar-refractivity contribution in [3.63, 3.8) is 0 Å². The summed E-state index contributed by atoms with van der Waals surface area (Å²) in [4.78, 5) is 13.9. The molecule has 0 bridgehead atoms. The lowest BCUT2D eigenvalue weighted by Gasteiger charge is -2.29. The molecule has 16 heavy (non-hydrogen) atoms. The van der Waals surface area contributed by atoms with Crippen LogP contribution in [0.4, 0.5) is 5.69 Å². The highest BCUT2D eigenvalue weighted by Crippen LogP contribution is 2.30. The van der Waals surface area contributed by atoms with Crippen LogP contribution in [0.1, 0.15) is 26.3 Å². The van der Waals surface area contributed by atoms with Crippen LogP contribution in [0, 0.1) is 5.41 Å². The van der Waals surface area contributed by atoms with Crippen molar-refractivity contribution < 1.29 is 4.79 Å². The van der Waals surface area contributed by atoms with Gasteiger partial charge in [-0.2, -0.15) is 0 Å². The van der Waals surface area contributed by atoms with Crippen molar-refractivity contribution >= 4 is 11.5 Å². The molecule has 1 aromatic carbocycles. The summed E-state index contributed by atoms with van der Waals surface area (Å²) in [6.45, 7) is 7.59.